The smallest absolute Gasteiger partial charge is 0.239 e. The number of hydrogen-bond donors (Lipinski definition) is 0. The molecule has 6 nitrogen and oxygen atoms in total. The van der Waals surface area contributed by atoms with Crippen LogP contribution in [0.1, 0.15) is 55.7 Å². The van der Waals surface area contributed by atoms with Crippen molar-refractivity contribution in [1.82, 2.24) is 19.9 Å². The average Bonchev–Trinajstić information content (AvgIpc) is 3.14. The highest BCUT2D eigenvalue weighted by Gasteiger charge is 2.38. The quantitative estimate of drug-likeness (QED) is 0.841. The fourth-order valence-corrected chi connectivity index (χ4v) is 3.55. The largest absolute Gasteiger partial charge is 0.344 e. The maximum absolute atomic E-state index is 12.2. The lowest BCUT2D eigenvalue weighted by molar-refractivity contribution is -0.131. The molecule has 0 aromatic carbocycles. The van der Waals surface area contributed by atoms with Gasteiger partial charge < -0.3 is 9.42 Å². The highest BCUT2D eigenvalue weighted by molar-refractivity contribution is 5.83. The van der Waals surface area contributed by atoms with E-state index >= 15 is 0 Å². The van der Waals surface area contributed by atoms with Gasteiger partial charge in [-0.3, -0.25) is 9.69 Å². The molecule has 114 valence electrons. The van der Waals surface area contributed by atoms with E-state index in [0.717, 1.165) is 50.6 Å². The van der Waals surface area contributed by atoms with Crippen LogP contribution in [0.2, 0.25) is 0 Å². The second kappa shape index (κ2) is 5.09. The summed E-state index contributed by atoms with van der Waals surface area (Å²) in [5.41, 5.74) is 0. The van der Waals surface area contributed by atoms with Gasteiger partial charge in [-0.05, 0) is 38.6 Å². The molecule has 3 aliphatic rings. The van der Waals surface area contributed by atoms with E-state index in [4.69, 9.17) is 4.52 Å². The molecule has 2 atom stereocenters. The molecule has 3 heterocycles. The van der Waals surface area contributed by atoms with Crippen LogP contribution in [0.4, 0.5) is 0 Å². The van der Waals surface area contributed by atoms with Gasteiger partial charge in [-0.25, -0.2) is 0 Å². The normalized spacial score (nSPS) is 31.1. The van der Waals surface area contributed by atoms with Crippen LogP contribution in [-0.2, 0) is 4.79 Å². The van der Waals surface area contributed by atoms with E-state index in [1.807, 2.05) is 11.9 Å². The molecular weight excluding hydrogens is 268 g/mol. The van der Waals surface area contributed by atoms with Gasteiger partial charge in [0.05, 0.1) is 6.04 Å². The summed E-state index contributed by atoms with van der Waals surface area (Å²) in [6, 6.07) is 0.0626. The van der Waals surface area contributed by atoms with Crippen LogP contribution in [0.5, 0.6) is 0 Å². The standard InChI is InChI=1S/C15H22N4O2/c1-18-8-6-12(15(18)20)19-7-2-3-11(9-19)13-16-14(21-17-13)10-4-5-10/h10-12H,2-9H2,1H3. The van der Waals surface area contributed by atoms with Crippen molar-refractivity contribution in [1.29, 1.82) is 0 Å². The number of likely N-dealkylation sites (tertiary alicyclic amines) is 2. The van der Waals surface area contributed by atoms with Gasteiger partial charge in [0.2, 0.25) is 11.8 Å². The van der Waals surface area contributed by atoms with Crippen LogP contribution in [0.15, 0.2) is 4.52 Å². The minimum atomic E-state index is 0.0626. The van der Waals surface area contributed by atoms with Crippen molar-refractivity contribution in [2.24, 2.45) is 0 Å². The van der Waals surface area contributed by atoms with Crippen molar-refractivity contribution >= 4 is 5.91 Å². The lowest BCUT2D eigenvalue weighted by Crippen LogP contribution is -2.45. The molecule has 1 aliphatic carbocycles. The fourth-order valence-electron chi connectivity index (χ4n) is 3.55. The zero-order chi connectivity index (χ0) is 14.4. The van der Waals surface area contributed by atoms with Crippen molar-refractivity contribution in [2.45, 2.75) is 50.0 Å². The third-order valence-electron chi connectivity index (χ3n) is 5.04. The van der Waals surface area contributed by atoms with Crippen LogP contribution in [0.3, 0.4) is 0 Å². The maximum Gasteiger partial charge on any atom is 0.239 e. The molecule has 0 spiro atoms. The molecule has 2 unspecified atom stereocenters. The van der Waals surface area contributed by atoms with Gasteiger partial charge in [-0.1, -0.05) is 5.16 Å². The molecule has 4 rings (SSSR count). The molecule has 0 radical (unpaired) electrons. The van der Waals surface area contributed by atoms with Crippen LogP contribution in [0.25, 0.3) is 0 Å². The Morgan fingerprint density at radius 3 is 2.71 bits per heavy atom. The molecule has 6 heteroatoms. The first-order valence-corrected chi connectivity index (χ1v) is 8.05. The Morgan fingerprint density at radius 1 is 1.14 bits per heavy atom. The highest BCUT2D eigenvalue weighted by atomic mass is 16.5. The summed E-state index contributed by atoms with van der Waals surface area (Å²) in [7, 11) is 1.89. The second-order valence-corrected chi connectivity index (χ2v) is 6.66. The van der Waals surface area contributed by atoms with E-state index in [0.29, 0.717) is 11.8 Å². The summed E-state index contributed by atoms with van der Waals surface area (Å²) < 4.78 is 5.39. The Hall–Kier alpha value is -1.43. The SMILES string of the molecule is CN1CCC(N2CCCC(c3noc(C4CC4)n3)C2)C1=O. The third kappa shape index (κ3) is 2.46. The fraction of sp³-hybridized carbons (Fsp3) is 0.800. The van der Waals surface area contributed by atoms with Crippen LogP contribution < -0.4 is 0 Å². The van der Waals surface area contributed by atoms with Gasteiger partial charge in [-0.2, -0.15) is 4.98 Å². The zero-order valence-corrected chi connectivity index (χ0v) is 12.5. The molecule has 2 aliphatic heterocycles. The maximum atomic E-state index is 12.2. The number of aromatic nitrogens is 2. The average molecular weight is 290 g/mol. The van der Waals surface area contributed by atoms with Gasteiger partial charge >= 0.3 is 0 Å². The lowest BCUT2D eigenvalue weighted by Gasteiger charge is -2.34. The Balaban J connectivity index is 1.45. The predicted molar refractivity (Wildman–Crippen MR) is 75.9 cm³/mol. The molecule has 1 saturated carbocycles. The minimum absolute atomic E-state index is 0.0626. The topological polar surface area (TPSA) is 62.5 Å². The first-order valence-electron chi connectivity index (χ1n) is 8.05. The van der Waals surface area contributed by atoms with Gasteiger partial charge in [-0.15, -0.1) is 0 Å². The van der Waals surface area contributed by atoms with E-state index < -0.39 is 0 Å². The monoisotopic (exact) mass is 290 g/mol. The Kier molecular flexibility index (Phi) is 3.21. The number of amides is 1. The number of carbonyl (C=O) groups excluding carboxylic acids is 1. The number of piperidine rings is 1. The van der Waals surface area contributed by atoms with Crippen LogP contribution >= 0.6 is 0 Å². The summed E-state index contributed by atoms with van der Waals surface area (Å²) in [6.07, 6.45) is 5.51. The van der Waals surface area contributed by atoms with Gasteiger partial charge in [0.25, 0.3) is 0 Å². The predicted octanol–water partition coefficient (Wildman–Crippen LogP) is 1.36. The van der Waals surface area contributed by atoms with E-state index in [2.05, 4.69) is 15.0 Å². The molecule has 1 amide bonds. The van der Waals surface area contributed by atoms with E-state index in [1.54, 1.807) is 0 Å². The summed E-state index contributed by atoms with van der Waals surface area (Å²) in [5, 5.41) is 4.19. The number of hydrogen-bond acceptors (Lipinski definition) is 5. The number of rotatable bonds is 3. The van der Waals surface area contributed by atoms with Gasteiger partial charge in [0.15, 0.2) is 5.82 Å². The summed E-state index contributed by atoms with van der Waals surface area (Å²) >= 11 is 0. The Labute approximate surface area is 124 Å². The van der Waals surface area contributed by atoms with Gasteiger partial charge in [0.1, 0.15) is 0 Å². The molecule has 1 aromatic heterocycles. The molecule has 3 fully saturated rings. The summed E-state index contributed by atoms with van der Waals surface area (Å²) in [6.45, 7) is 2.76. The summed E-state index contributed by atoms with van der Waals surface area (Å²) in [4.78, 5) is 20.9. The molecule has 0 N–H and O–H groups in total. The van der Waals surface area contributed by atoms with E-state index in [9.17, 15) is 4.79 Å². The lowest BCUT2D eigenvalue weighted by atomic mass is 9.95. The first-order chi connectivity index (χ1) is 10.2. The van der Waals surface area contributed by atoms with Crippen molar-refractivity contribution in [2.75, 3.05) is 26.7 Å². The number of carbonyl (C=O) groups is 1. The minimum Gasteiger partial charge on any atom is -0.344 e. The molecule has 2 saturated heterocycles. The van der Waals surface area contributed by atoms with Crippen molar-refractivity contribution in [3.05, 3.63) is 11.7 Å². The number of nitrogens with zero attached hydrogens (tertiary/aromatic N) is 4. The van der Waals surface area contributed by atoms with Crippen molar-refractivity contribution in [3.8, 4) is 0 Å². The van der Waals surface area contributed by atoms with E-state index in [-0.39, 0.29) is 11.9 Å². The molecule has 0 bridgehead atoms. The number of likely N-dealkylation sites (N-methyl/N-ethyl adjacent to an activating group) is 1. The summed E-state index contributed by atoms with van der Waals surface area (Å²) in [5.74, 6) is 2.76. The Morgan fingerprint density at radius 2 is 2.00 bits per heavy atom. The zero-order valence-electron chi connectivity index (χ0n) is 12.5. The van der Waals surface area contributed by atoms with Crippen LogP contribution in [0, 0.1) is 0 Å². The van der Waals surface area contributed by atoms with Crippen molar-refractivity contribution < 1.29 is 9.32 Å². The van der Waals surface area contributed by atoms with Crippen LogP contribution in [-0.4, -0.2) is 58.6 Å². The van der Waals surface area contributed by atoms with E-state index in [1.165, 1.54) is 12.8 Å². The first kappa shape index (κ1) is 13.2. The van der Waals surface area contributed by atoms with Crippen molar-refractivity contribution in [3.63, 3.8) is 0 Å². The third-order valence-corrected chi connectivity index (χ3v) is 5.04. The highest BCUT2D eigenvalue weighted by Crippen LogP contribution is 2.39. The molecule has 21 heavy (non-hydrogen) atoms. The molecule has 1 aromatic rings. The second-order valence-electron chi connectivity index (χ2n) is 6.66. The molecular formula is C15H22N4O2. The van der Waals surface area contributed by atoms with Gasteiger partial charge in [0, 0.05) is 32.0 Å². The Bertz CT molecular complexity index is 540.